The molecule has 3 fully saturated rings. The lowest BCUT2D eigenvalue weighted by molar-refractivity contribution is -0.172. The van der Waals surface area contributed by atoms with Crippen molar-refractivity contribution in [1.29, 1.82) is 0 Å². The molecular formula is C21H26O5. The lowest BCUT2D eigenvalue weighted by Gasteiger charge is -2.57. The van der Waals surface area contributed by atoms with Crippen molar-refractivity contribution in [3.05, 3.63) is 23.8 Å². The van der Waals surface area contributed by atoms with Gasteiger partial charge in [0.1, 0.15) is 5.60 Å². The molecule has 0 unspecified atom stereocenters. The molecule has 0 aromatic heterocycles. The van der Waals surface area contributed by atoms with Crippen molar-refractivity contribution in [2.24, 2.45) is 28.6 Å². The summed E-state index contributed by atoms with van der Waals surface area (Å²) in [7, 11) is 0. The van der Waals surface area contributed by atoms with Crippen LogP contribution in [0.25, 0.3) is 0 Å². The van der Waals surface area contributed by atoms with E-state index in [2.05, 4.69) is 6.92 Å². The van der Waals surface area contributed by atoms with E-state index in [4.69, 9.17) is 0 Å². The minimum absolute atomic E-state index is 0.0545. The molecule has 4 rings (SSSR count). The number of carboxylic acid groups (broad SMARTS) is 1. The van der Waals surface area contributed by atoms with Crippen LogP contribution in [-0.2, 0) is 14.4 Å². The number of ketones is 2. The van der Waals surface area contributed by atoms with Crippen LogP contribution in [0.4, 0.5) is 0 Å². The van der Waals surface area contributed by atoms with E-state index in [-0.39, 0.29) is 23.5 Å². The molecule has 0 aromatic carbocycles. The van der Waals surface area contributed by atoms with Crippen LogP contribution in [0.15, 0.2) is 23.8 Å². The summed E-state index contributed by atoms with van der Waals surface area (Å²) in [5.41, 5.74) is -1.39. The van der Waals surface area contributed by atoms with Gasteiger partial charge >= 0.3 is 5.97 Å². The maximum absolute atomic E-state index is 12.3. The molecule has 0 saturated heterocycles. The average Bonchev–Trinajstić information content (AvgIpc) is 2.87. The third-order valence-electron chi connectivity index (χ3n) is 8.28. The highest BCUT2D eigenvalue weighted by atomic mass is 16.4. The fraction of sp³-hybridized carbons (Fsp3) is 0.667. The van der Waals surface area contributed by atoms with E-state index in [9.17, 15) is 24.6 Å². The van der Waals surface area contributed by atoms with Gasteiger partial charge < -0.3 is 10.2 Å². The molecule has 4 aliphatic carbocycles. The van der Waals surface area contributed by atoms with Crippen molar-refractivity contribution in [3.63, 3.8) is 0 Å². The molecule has 0 heterocycles. The summed E-state index contributed by atoms with van der Waals surface area (Å²) >= 11 is 0. The van der Waals surface area contributed by atoms with Crippen LogP contribution in [0.1, 0.15) is 52.4 Å². The fourth-order valence-corrected chi connectivity index (χ4v) is 6.76. The molecule has 0 aromatic rings. The Kier molecular flexibility index (Phi) is 3.65. The quantitative estimate of drug-likeness (QED) is 0.741. The standard InChI is InChI=1S/C21H26O5/c1-19-8-5-13(22)11-12(19)3-4-14-15(19)6-9-20(2)16(14)7-10-21(20,26)17(23)18(24)25/h5,8,11,14-16,26H,3-4,6-7,9-10H2,1-2H3,(H,24,25)/t14-,15+,16+,19+,20+,21+/m1/s1. The Balaban J connectivity index is 1.70. The molecule has 5 nitrogen and oxygen atoms in total. The lowest BCUT2D eigenvalue weighted by Crippen LogP contribution is -2.58. The lowest BCUT2D eigenvalue weighted by atomic mass is 9.47. The first-order chi connectivity index (χ1) is 12.1. The highest BCUT2D eigenvalue weighted by molar-refractivity contribution is 6.36. The Morgan fingerprint density at radius 2 is 1.81 bits per heavy atom. The molecule has 0 amide bonds. The molecule has 0 bridgehead atoms. The first kappa shape index (κ1) is 17.7. The number of carbonyl (C=O) groups is 3. The number of allylic oxidation sites excluding steroid dienone is 4. The first-order valence-corrected chi connectivity index (χ1v) is 9.58. The molecule has 4 aliphatic rings. The zero-order chi connectivity index (χ0) is 18.9. The van der Waals surface area contributed by atoms with E-state index in [0.717, 1.165) is 19.3 Å². The van der Waals surface area contributed by atoms with Crippen LogP contribution in [-0.4, -0.2) is 33.3 Å². The highest BCUT2D eigenvalue weighted by Gasteiger charge is 2.67. The Morgan fingerprint density at radius 1 is 1.12 bits per heavy atom. The summed E-state index contributed by atoms with van der Waals surface area (Å²) in [5, 5.41) is 20.3. The normalized spacial score (nSPS) is 46.8. The van der Waals surface area contributed by atoms with E-state index in [0.29, 0.717) is 24.7 Å². The predicted molar refractivity (Wildman–Crippen MR) is 94.2 cm³/mol. The van der Waals surface area contributed by atoms with Crippen LogP contribution in [0, 0.1) is 28.6 Å². The van der Waals surface area contributed by atoms with Crippen LogP contribution in [0.3, 0.4) is 0 Å². The number of Topliss-reactive ketones (excluding diaryl/α,β-unsaturated/α-hetero) is 1. The summed E-state index contributed by atoms with van der Waals surface area (Å²) in [4.78, 5) is 35.4. The molecular weight excluding hydrogens is 332 g/mol. The number of rotatable bonds is 2. The molecule has 0 aliphatic heterocycles. The number of fused-ring (bicyclic) bond motifs is 5. The molecule has 2 N–H and O–H groups in total. The van der Waals surface area contributed by atoms with Gasteiger partial charge in [0.2, 0.25) is 0 Å². The molecule has 26 heavy (non-hydrogen) atoms. The van der Waals surface area contributed by atoms with Crippen molar-refractivity contribution in [2.45, 2.75) is 58.0 Å². The number of carbonyl (C=O) groups excluding carboxylic acids is 2. The van der Waals surface area contributed by atoms with E-state index in [1.165, 1.54) is 5.57 Å². The third kappa shape index (κ3) is 2.04. The highest BCUT2D eigenvalue weighted by Crippen LogP contribution is 2.67. The largest absolute Gasteiger partial charge is 0.475 e. The molecule has 140 valence electrons. The van der Waals surface area contributed by atoms with Gasteiger partial charge in [0.15, 0.2) is 5.78 Å². The van der Waals surface area contributed by atoms with Crippen molar-refractivity contribution >= 4 is 17.5 Å². The summed E-state index contributed by atoms with van der Waals surface area (Å²) in [6.07, 6.45) is 9.67. The fourth-order valence-electron chi connectivity index (χ4n) is 6.76. The Morgan fingerprint density at radius 3 is 2.50 bits per heavy atom. The van der Waals surface area contributed by atoms with Crippen LogP contribution < -0.4 is 0 Å². The molecule has 0 radical (unpaired) electrons. The number of aliphatic carboxylic acids is 1. The zero-order valence-electron chi connectivity index (χ0n) is 15.3. The topological polar surface area (TPSA) is 91.7 Å². The van der Waals surface area contributed by atoms with Crippen LogP contribution in [0.2, 0.25) is 0 Å². The van der Waals surface area contributed by atoms with Gasteiger partial charge in [-0.3, -0.25) is 9.59 Å². The maximum atomic E-state index is 12.3. The Hall–Kier alpha value is -1.75. The van der Waals surface area contributed by atoms with Crippen LogP contribution >= 0.6 is 0 Å². The van der Waals surface area contributed by atoms with Gasteiger partial charge in [-0.05, 0) is 68.4 Å². The average molecular weight is 358 g/mol. The van der Waals surface area contributed by atoms with Gasteiger partial charge in [-0.25, -0.2) is 4.79 Å². The summed E-state index contributed by atoms with van der Waals surface area (Å²) in [6, 6.07) is 0. The van der Waals surface area contributed by atoms with Crippen molar-refractivity contribution < 1.29 is 24.6 Å². The summed E-state index contributed by atoms with van der Waals surface area (Å²) in [6.45, 7) is 4.11. The van der Waals surface area contributed by atoms with E-state index in [1.807, 2.05) is 13.0 Å². The number of hydrogen-bond donors (Lipinski definition) is 2. The van der Waals surface area contributed by atoms with E-state index < -0.39 is 22.8 Å². The van der Waals surface area contributed by atoms with Crippen molar-refractivity contribution in [2.75, 3.05) is 0 Å². The van der Waals surface area contributed by atoms with Gasteiger partial charge in [0, 0.05) is 10.8 Å². The Labute approximate surface area is 153 Å². The van der Waals surface area contributed by atoms with Gasteiger partial charge in [-0.1, -0.05) is 25.5 Å². The second-order valence-corrected chi connectivity index (χ2v) is 9.09. The SMILES string of the molecule is C[C@]12C=CC(=O)C=C1CC[C@@H]1[C@@H]2CC[C@@]2(C)[C@H]1CC[C@]2(O)C(=O)C(=O)O. The summed E-state index contributed by atoms with van der Waals surface area (Å²) in [5.74, 6) is -1.69. The number of carboxylic acids is 1. The van der Waals surface area contributed by atoms with Gasteiger partial charge in [-0.2, -0.15) is 0 Å². The minimum Gasteiger partial charge on any atom is -0.475 e. The minimum atomic E-state index is -1.76. The second-order valence-electron chi connectivity index (χ2n) is 9.09. The predicted octanol–water partition coefficient (Wildman–Crippen LogP) is 2.68. The first-order valence-electron chi connectivity index (χ1n) is 9.58. The molecule has 0 spiro atoms. The van der Waals surface area contributed by atoms with Gasteiger partial charge in [0.05, 0.1) is 0 Å². The maximum Gasteiger partial charge on any atom is 0.375 e. The van der Waals surface area contributed by atoms with Crippen molar-refractivity contribution in [1.82, 2.24) is 0 Å². The molecule has 6 atom stereocenters. The molecule has 3 saturated carbocycles. The van der Waals surface area contributed by atoms with Gasteiger partial charge in [-0.15, -0.1) is 0 Å². The van der Waals surface area contributed by atoms with Crippen LogP contribution in [0.5, 0.6) is 0 Å². The third-order valence-corrected chi connectivity index (χ3v) is 8.28. The Bertz CT molecular complexity index is 764. The summed E-state index contributed by atoms with van der Waals surface area (Å²) < 4.78 is 0. The van der Waals surface area contributed by atoms with E-state index >= 15 is 0 Å². The number of aliphatic hydroxyl groups is 1. The second kappa shape index (κ2) is 5.38. The monoisotopic (exact) mass is 358 g/mol. The number of hydrogen-bond acceptors (Lipinski definition) is 4. The smallest absolute Gasteiger partial charge is 0.375 e. The van der Waals surface area contributed by atoms with E-state index in [1.54, 1.807) is 12.2 Å². The zero-order valence-corrected chi connectivity index (χ0v) is 15.3. The van der Waals surface area contributed by atoms with Gasteiger partial charge in [0.25, 0.3) is 5.78 Å². The molecule has 5 heteroatoms. The van der Waals surface area contributed by atoms with Crippen molar-refractivity contribution in [3.8, 4) is 0 Å².